The van der Waals surface area contributed by atoms with E-state index < -0.39 is 0 Å². The molecule has 2 nitrogen and oxygen atoms in total. The maximum Gasteiger partial charge on any atom is 0.185 e. The van der Waals surface area contributed by atoms with E-state index in [1.54, 1.807) is 12.1 Å². The SMILES string of the molecule is Cc1c(Br)ccc(-c2ccc(C=O)o2)c1Br. The molecule has 0 aliphatic rings. The second kappa shape index (κ2) is 4.55. The lowest BCUT2D eigenvalue weighted by Crippen LogP contribution is -1.83. The molecule has 1 aromatic heterocycles. The van der Waals surface area contributed by atoms with E-state index in [-0.39, 0.29) is 0 Å². The van der Waals surface area contributed by atoms with Gasteiger partial charge in [-0.2, -0.15) is 0 Å². The number of carbonyl (C=O) groups excluding carboxylic acids is 1. The standard InChI is InChI=1S/C12H8Br2O2/c1-7-10(13)4-3-9(12(7)14)11-5-2-8(6-15)16-11/h2-6H,1H3. The van der Waals surface area contributed by atoms with Crippen molar-refractivity contribution in [3.63, 3.8) is 0 Å². The number of hydrogen-bond donors (Lipinski definition) is 0. The summed E-state index contributed by atoms with van der Waals surface area (Å²) < 4.78 is 7.38. The van der Waals surface area contributed by atoms with Gasteiger partial charge in [0.1, 0.15) is 5.76 Å². The van der Waals surface area contributed by atoms with Gasteiger partial charge in [-0.1, -0.05) is 15.9 Å². The quantitative estimate of drug-likeness (QED) is 0.746. The molecule has 4 heteroatoms. The van der Waals surface area contributed by atoms with Crippen molar-refractivity contribution in [1.29, 1.82) is 0 Å². The van der Waals surface area contributed by atoms with Crippen LogP contribution in [0, 0.1) is 6.92 Å². The zero-order valence-electron chi connectivity index (χ0n) is 8.46. The molecule has 0 unspecified atom stereocenters. The number of furan rings is 1. The first-order valence-electron chi connectivity index (χ1n) is 4.63. The second-order valence-electron chi connectivity index (χ2n) is 3.35. The predicted octanol–water partition coefficient (Wildman–Crippen LogP) is 4.59. The van der Waals surface area contributed by atoms with Crippen LogP contribution in [0.1, 0.15) is 16.1 Å². The highest BCUT2D eigenvalue weighted by Crippen LogP contribution is 2.35. The molecule has 0 saturated heterocycles. The molecule has 82 valence electrons. The molecule has 0 radical (unpaired) electrons. The smallest absolute Gasteiger partial charge is 0.185 e. The summed E-state index contributed by atoms with van der Waals surface area (Å²) in [7, 11) is 0. The van der Waals surface area contributed by atoms with E-state index >= 15 is 0 Å². The van der Waals surface area contributed by atoms with E-state index in [0.29, 0.717) is 17.8 Å². The van der Waals surface area contributed by atoms with Crippen LogP contribution in [0.5, 0.6) is 0 Å². The van der Waals surface area contributed by atoms with Gasteiger partial charge >= 0.3 is 0 Å². The van der Waals surface area contributed by atoms with Crippen molar-refractivity contribution >= 4 is 38.1 Å². The molecule has 0 aliphatic heterocycles. The van der Waals surface area contributed by atoms with Crippen LogP contribution in [-0.2, 0) is 0 Å². The molecule has 0 bridgehead atoms. The molecule has 0 N–H and O–H groups in total. The van der Waals surface area contributed by atoms with Gasteiger partial charge in [0.15, 0.2) is 12.0 Å². The van der Waals surface area contributed by atoms with Crippen LogP contribution in [0.15, 0.2) is 37.6 Å². The summed E-state index contributed by atoms with van der Waals surface area (Å²) in [5.41, 5.74) is 2.04. The Kier molecular flexibility index (Phi) is 3.30. The topological polar surface area (TPSA) is 30.2 Å². The fourth-order valence-electron chi connectivity index (χ4n) is 1.41. The highest BCUT2D eigenvalue weighted by atomic mass is 79.9. The summed E-state index contributed by atoms with van der Waals surface area (Å²) in [6.07, 6.45) is 0.698. The highest BCUT2D eigenvalue weighted by Gasteiger charge is 2.11. The molecule has 1 aromatic carbocycles. The van der Waals surface area contributed by atoms with Crippen molar-refractivity contribution < 1.29 is 9.21 Å². The third-order valence-corrected chi connectivity index (χ3v) is 4.21. The molecule has 0 atom stereocenters. The first kappa shape index (κ1) is 11.6. The maximum atomic E-state index is 10.5. The van der Waals surface area contributed by atoms with E-state index in [2.05, 4.69) is 31.9 Å². The first-order valence-corrected chi connectivity index (χ1v) is 6.22. The average Bonchev–Trinajstić information content (AvgIpc) is 2.74. The average molecular weight is 344 g/mol. The lowest BCUT2D eigenvalue weighted by molar-refractivity contribution is 0.110. The summed E-state index contributed by atoms with van der Waals surface area (Å²) in [4.78, 5) is 10.5. The van der Waals surface area contributed by atoms with Gasteiger partial charge < -0.3 is 4.42 Å². The van der Waals surface area contributed by atoms with Crippen LogP contribution in [-0.4, -0.2) is 6.29 Å². The molecule has 2 rings (SSSR count). The van der Waals surface area contributed by atoms with E-state index in [0.717, 1.165) is 20.1 Å². The van der Waals surface area contributed by atoms with Gasteiger partial charge in [-0.15, -0.1) is 0 Å². The Balaban J connectivity index is 2.56. The number of hydrogen-bond acceptors (Lipinski definition) is 2. The van der Waals surface area contributed by atoms with Crippen molar-refractivity contribution in [1.82, 2.24) is 0 Å². The van der Waals surface area contributed by atoms with Crippen LogP contribution in [0.25, 0.3) is 11.3 Å². The molecular weight excluding hydrogens is 336 g/mol. The number of halogens is 2. The van der Waals surface area contributed by atoms with Crippen molar-refractivity contribution in [2.75, 3.05) is 0 Å². The molecule has 0 amide bonds. The minimum Gasteiger partial charge on any atom is -0.453 e. The minimum atomic E-state index is 0.336. The Morgan fingerprint density at radius 1 is 1.19 bits per heavy atom. The van der Waals surface area contributed by atoms with E-state index in [1.165, 1.54) is 0 Å². The Morgan fingerprint density at radius 3 is 2.56 bits per heavy atom. The Bertz CT molecular complexity index is 544. The Morgan fingerprint density at radius 2 is 1.94 bits per heavy atom. The van der Waals surface area contributed by atoms with Crippen molar-refractivity contribution in [2.45, 2.75) is 6.92 Å². The van der Waals surface area contributed by atoms with Gasteiger partial charge in [0.05, 0.1) is 0 Å². The molecule has 1 heterocycles. The number of aldehydes is 1. The van der Waals surface area contributed by atoms with Gasteiger partial charge in [-0.05, 0) is 52.7 Å². The zero-order valence-corrected chi connectivity index (χ0v) is 11.6. The van der Waals surface area contributed by atoms with Gasteiger partial charge in [0.25, 0.3) is 0 Å². The van der Waals surface area contributed by atoms with Gasteiger partial charge in [-0.25, -0.2) is 0 Å². The van der Waals surface area contributed by atoms with Crippen molar-refractivity contribution in [2.24, 2.45) is 0 Å². The summed E-state index contributed by atoms with van der Waals surface area (Å²) in [5.74, 6) is 1.02. The summed E-state index contributed by atoms with van der Waals surface area (Å²) in [6.45, 7) is 2.00. The van der Waals surface area contributed by atoms with Crippen LogP contribution < -0.4 is 0 Å². The third kappa shape index (κ3) is 1.99. The molecule has 0 fully saturated rings. The normalized spacial score (nSPS) is 10.4. The Hall–Kier alpha value is -0.870. The lowest BCUT2D eigenvalue weighted by Gasteiger charge is -2.06. The summed E-state index contributed by atoms with van der Waals surface area (Å²) in [5, 5.41) is 0. The molecule has 0 saturated carbocycles. The fraction of sp³-hybridized carbons (Fsp3) is 0.0833. The maximum absolute atomic E-state index is 10.5. The largest absolute Gasteiger partial charge is 0.453 e. The minimum absolute atomic E-state index is 0.336. The first-order chi connectivity index (χ1) is 7.63. The fourth-order valence-corrected chi connectivity index (χ4v) is 2.55. The molecule has 16 heavy (non-hydrogen) atoms. The number of carbonyl (C=O) groups is 1. The molecular formula is C12H8Br2O2. The van der Waals surface area contributed by atoms with Crippen molar-refractivity contribution in [3.8, 4) is 11.3 Å². The Labute approximate surface area is 110 Å². The monoisotopic (exact) mass is 342 g/mol. The lowest BCUT2D eigenvalue weighted by atomic mass is 10.1. The summed E-state index contributed by atoms with van der Waals surface area (Å²) in [6, 6.07) is 7.34. The van der Waals surface area contributed by atoms with Crippen LogP contribution >= 0.6 is 31.9 Å². The van der Waals surface area contributed by atoms with E-state index in [9.17, 15) is 4.79 Å². The molecule has 2 aromatic rings. The number of rotatable bonds is 2. The molecule has 0 aliphatic carbocycles. The van der Waals surface area contributed by atoms with E-state index in [1.807, 2.05) is 19.1 Å². The van der Waals surface area contributed by atoms with Crippen LogP contribution in [0.4, 0.5) is 0 Å². The van der Waals surface area contributed by atoms with Gasteiger partial charge in [-0.3, -0.25) is 4.79 Å². The van der Waals surface area contributed by atoms with Gasteiger partial charge in [0.2, 0.25) is 0 Å². The summed E-state index contributed by atoms with van der Waals surface area (Å²) >= 11 is 6.98. The third-order valence-electron chi connectivity index (χ3n) is 2.33. The highest BCUT2D eigenvalue weighted by molar-refractivity contribution is 9.11. The van der Waals surface area contributed by atoms with E-state index in [4.69, 9.17) is 4.42 Å². The molecule has 0 spiro atoms. The zero-order chi connectivity index (χ0) is 11.7. The van der Waals surface area contributed by atoms with Gasteiger partial charge in [0, 0.05) is 14.5 Å². The number of benzene rings is 1. The van der Waals surface area contributed by atoms with Crippen LogP contribution in [0.2, 0.25) is 0 Å². The van der Waals surface area contributed by atoms with Crippen LogP contribution in [0.3, 0.4) is 0 Å². The predicted molar refractivity (Wildman–Crippen MR) is 69.7 cm³/mol. The second-order valence-corrected chi connectivity index (χ2v) is 5.00. The van der Waals surface area contributed by atoms with Crippen molar-refractivity contribution in [3.05, 3.63) is 44.5 Å².